The normalized spacial score (nSPS) is 12.9. The van der Waals surface area contributed by atoms with Gasteiger partial charge in [0.1, 0.15) is 18.5 Å². The zero-order chi connectivity index (χ0) is 26.5. The molecule has 0 aliphatic rings. The number of nitrogens with zero attached hydrogens (tertiary/aromatic N) is 4. The van der Waals surface area contributed by atoms with E-state index >= 15 is 0 Å². The number of benzene rings is 1. The average Bonchev–Trinajstić information content (AvgIpc) is 3.38. The zero-order valence-corrected chi connectivity index (χ0v) is 22.1. The molecule has 3 N–H and O–H groups in total. The van der Waals surface area contributed by atoms with E-state index in [1.54, 1.807) is 23.6 Å². The van der Waals surface area contributed by atoms with Crippen molar-refractivity contribution in [3.05, 3.63) is 52.8 Å². The molecule has 0 fully saturated rings. The number of ether oxygens (including phenoxy) is 2. The van der Waals surface area contributed by atoms with E-state index in [9.17, 15) is 18.0 Å². The zero-order valence-electron chi connectivity index (χ0n) is 20.5. The lowest BCUT2D eigenvalue weighted by molar-refractivity contribution is -0.126. The highest BCUT2D eigenvalue weighted by molar-refractivity contribution is 7.90. The number of amides is 2. The van der Waals surface area contributed by atoms with Crippen LogP contribution in [0.1, 0.15) is 37.0 Å². The Kier molecular flexibility index (Phi) is 8.66. The van der Waals surface area contributed by atoms with Gasteiger partial charge in [-0.2, -0.15) is 0 Å². The number of rotatable bonds is 11. The number of carbonyl (C=O) groups is 2. The quantitative estimate of drug-likeness (QED) is 0.369. The van der Waals surface area contributed by atoms with Crippen LogP contribution in [0.5, 0.6) is 0 Å². The van der Waals surface area contributed by atoms with Gasteiger partial charge < -0.3 is 20.5 Å². The smallest absolute Gasteiger partial charge is 0.410 e. The summed E-state index contributed by atoms with van der Waals surface area (Å²) in [5.41, 5.74) is 6.35. The van der Waals surface area contributed by atoms with Crippen LogP contribution in [0.2, 0.25) is 0 Å². The van der Waals surface area contributed by atoms with Crippen LogP contribution < -0.4 is 11.1 Å². The van der Waals surface area contributed by atoms with Gasteiger partial charge in [0.25, 0.3) is 0 Å². The molecule has 0 saturated carbocycles. The number of sulfone groups is 1. The van der Waals surface area contributed by atoms with Crippen molar-refractivity contribution >= 4 is 38.1 Å². The van der Waals surface area contributed by atoms with Crippen LogP contribution in [0.15, 0.2) is 35.7 Å². The van der Waals surface area contributed by atoms with Gasteiger partial charge >= 0.3 is 6.09 Å². The standard InChI is InChI=1S/C22H30N6O6S2/c1-22(2,23)19(29)24-17(12-33-10-15-8-6-5-7-9-15)18-25-26-20-28(18)16(13-35-20)11-34-21(30)27(3)14-36(4,31)32/h5-9,13,17H,10-12,14,23H2,1-4H3,(H,24,29)/t17-/m1/s1. The number of aromatic nitrogens is 3. The van der Waals surface area contributed by atoms with E-state index in [0.29, 0.717) is 23.1 Å². The number of nitrogens with two attached hydrogens (primary N) is 1. The largest absolute Gasteiger partial charge is 0.443 e. The van der Waals surface area contributed by atoms with Crippen LogP contribution in [0.25, 0.3) is 4.96 Å². The number of fused-ring (bicyclic) bond motifs is 1. The highest BCUT2D eigenvalue weighted by Gasteiger charge is 2.29. The molecule has 1 atom stereocenters. The van der Waals surface area contributed by atoms with Crippen molar-refractivity contribution < 1.29 is 27.5 Å². The van der Waals surface area contributed by atoms with Crippen LogP contribution in [0, 0.1) is 0 Å². The Bertz CT molecular complexity index is 1300. The van der Waals surface area contributed by atoms with Crippen LogP contribution in [-0.4, -0.2) is 71.2 Å². The molecule has 12 nitrogen and oxygen atoms in total. The average molecular weight is 539 g/mol. The first-order valence-electron chi connectivity index (χ1n) is 10.9. The summed E-state index contributed by atoms with van der Waals surface area (Å²) in [4.78, 5) is 26.4. The van der Waals surface area contributed by atoms with E-state index in [-0.39, 0.29) is 13.2 Å². The van der Waals surface area contributed by atoms with Gasteiger partial charge in [-0.25, -0.2) is 13.2 Å². The molecule has 2 amide bonds. The summed E-state index contributed by atoms with van der Waals surface area (Å²) >= 11 is 1.28. The number of hydrogen-bond acceptors (Lipinski definition) is 10. The lowest BCUT2D eigenvalue weighted by atomic mass is 10.1. The SMILES string of the molecule is CN(CS(C)(=O)=O)C(=O)OCc1csc2nnc([C@@H](COCc3ccccc3)NC(=O)C(C)(C)N)n12. The highest BCUT2D eigenvalue weighted by Crippen LogP contribution is 2.22. The molecule has 0 spiro atoms. The Balaban J connectivity index is 1.80. The maximum absolute atomic E-state index is 12.7. The van der Waals surface area contributed by atoms with Gasteiger partial charge in [-0.3, -0.25) is 14.1 Å². The van der Waals surface area contributed by atoms with Crippen molar-refractivity contribution in [2.75, 3.05) is 25.8 Å². The van der Waals surface area contributed by atoms with Crippen LogP contribution in [-0.2, 0) is 37.3 Å². The Morgan fingerprint density at radius 3 is 2.56 bits per heavy atom. The summed E-state index contributed by atoms with van der Waals surface area (Å²) in [6, 6.07) is 8.88. The Labute approximate surface area is 213 Å². The minimum atomic E-state index is -3.40. The van der Waals surface area contributed by atoms with Crippen molar-refractivity contribution in [2.24, 2.45) is 5.73 Å². The highest BCUT2D eigenvalue weighted by atomic mass is 32.2. The Morgan fingerprint density at radius 1 is 1.22 bits per heavy atom. The van der Waals surface area contributed by atoms with E-state index in [4.69, 9.17) is 15.2 Å². The Morgan fingerprint density at radius 2 is 1.92 bits per heavy atom. The van der Waals surface area contributed by atoms with E-state index in [1.807, 2.05) is 30.3 Å². The molecule has 0 saturated heterocycles. The summed E-state index contributed by atoms with van der Waals surface area (Å²) in [6.07, 6.45) is 0.231. The van der Waals surface area contributed by atoms with Crippen molar-refractivity contribution in [1.29, 1.82) is 0 Å². The number of thiazole rings is 1. The second kappa shape index (κ2) is 11.3. The predicted molar refractivity (Wildman–Crippen MR) is 134 cm³/mol. The molecule has 2 heterocycles. The summed E-state index contributed by atoms with van der Waals surface area (Å²) in [5.74, 6) is -0.490. The minimum Gasteiger partial charge on any atom is -0.443 e. The van der Waals surface area contributed by atoms with Crippen LogP contribution in [0.4, 0.5) is 4.79 Å². The molecule has 14 heteroatoms. The lowest BCUT2D eigenvalue weighted by Crippen LogP contribution is -2.51. The van der Waals surface area contributed by atoms with Crippen molar-refractivity contribution in [3.63, 3.8) is 0 Å². The molecule has 0 unspecified atom stereocenters. The molecule has 0 bridgehead atoms. The monoisotopic (exact) mass is 538 g/mol. The molecular formula is C22H30N6O6S2. The van der Waals surface area contributed by atoms with E-state index in [2.05, 4.69) is 15.5 Å². The van der Waals surface area contributed by atoms with Gasteiger partial charge in [-0.15, -0.1) is 21.5 Å². The second-order valence-electron chi connectivity index (χ2n) is 8.96. The predicted octanol–water partition coefficient (Wildman–Crippen LogP) is 1.47. The maximum Gasteiger partial charge on any atom is 0.410 e. The summed E-state index contributed by atoms with van der Waals surface area (Å²) < 4.78 is 35.7. The first kappa shape index (κ1) is 27.5. The molecule has 0 aliphatic heterocycles. The molecule has 3 rings (SSSR count). The lowest BCUT2D eigenvalue weighted by Gasteiger charge is -2.23. The van der Waals surface area contributed by atoms with Gasteiger partial charge in [0.05, 0.1) is 24.4 Å². The van der Waals surface area contributed by atoms with Crippen molar-refractivity contribution in [2.45, 2.75) is 38.6 Å². The van der Waals surface area contributed by atoms with Gasteiger partial charge in [0.15, 0.2) is 15.7 Å². The summed E-state index contributed by atoms with van der Waals surface area (Å²) in [6.45, 7) is 3.43. The van der Waals surface area contributed by atoms with E-state index < -0.39 is 39.3 Å². The molecular weight excluding hydrogens is 508 g/mol. The van der Waals surface area contributed by atoms with Crippen LogP contribution >= 0.6 is 11.3 Å². The number of nitrogens with one attached hydrogen (secondary N) is 1. The van der Waals surface area contributed by atoms with Gasteiger partial charge in [0.2, 0.25) is 10.9 Å². The van der Waals surface area contributed by atoms with E-state index in [1.165, 1.54) is 18.4 Å². The molecule has 0 radical (unpaired) electrons. The molecule has 36 heavy (non-hydrogen) atoms. The third-order valence-electron chi connectivity index (χ3n) is 4.93. The Hall–Kier alpha value is -3.07. The maximum atomic E-state index is 12.7. The minimum absolute atomic E-state index is 0.0870. The molecule has 3 aromatic rings. The molecule has 196 valence electrons. The fourth-order valence-corrected chi connectivity index (χ4v) is 4.80. The van der Waals surface area contributed by atoms with Crippen LogP contribution in [0.3, 0.4) is 0 Å². The first-order chi connectivity index (χ1) is 16.8. The number of carbonyl (C=O) groups excluding carboxylic acids is 2. The molecule has 0 aliphatic carbocycles. The van der Waals surface area contributed by atoms with E-state index in [0.717, 1.165) is 16.7 Å². The summed E-state index contributed by atoms with van der Waals surface area (Å²) in [5, 5.41) is 13.0. The topological polar surface area (TPSA) is 158 Å². The second-order valence-corrected chi connectivity index (χ2v) is 11.9. The fourth-order valence-electron chi connectivity index (χ4n) is 3.17. The summed E-state index contributed by atoms with van der Waals surface area (Å²) in [7, 11) is -2.06. The van der Waals surface area contributed by atoms with Gasteiger partial charge in [-0.1, -0.05) is 30.3 Å². The van der Waals surface area contributed by atoms with Gasteiger partial charge in [0, 0.05) is 18.7 Å². The third-order valence-corrected chi connectivity index (χ3v) is 6.65. The third kappa shape index (κ3) is 7.46. The molecule has 2 aromatic heterocycles. The molecule has 1 aromatic carbocycles. The fraction of sp³-hybridized carbons (Fsp3) is 0.455. The van der Waals surface area contributed by atoms with Gasteiger partial charge in [-0.05, 0) is 19.4 Å². The van der Waals surface area contributed by atoms with Crippen molar-refractivity contribution in [1.82, 2.24) is 24.8 Å². The first-order valence-corrected chi connectivity index (χ1v) is 13.9. The van der Waals surface area contributed by atoms with Crippen molar-refractivity contribution in [3.8, 4) is 0 Å². The number of hydrogen-bond donors (Lipinski definition) is 2.